The summed E-state index contributed by atoms with van der Waals surface area (Å²) in [6.07, 6.45) is -2.76. The van der Waals surface area contributed by atoms with Gasteiger partial charge in [0.2, 0.25) is 5.91 Å². The van der Waals surface area contributed by atoms with E-state index in [9.17, 15) is 39.6 Å². The Morgan fingerprint density at radius 2 is 1.35 bits per heavy atom. The van der Waals surface area contributed by atoms with E-state index in [1.54, 1.807) is 12.1 Å². The fourth-order valence-electron chi connectivity index (χ4n) is 6.68. The molecule has 4 unspecified atom stereocenters. The quantitative estimate of drug-likeness (QED) is 0.224. The molecule has 0 bridgehead atoms. The number of carbonyl (C=O) groups excluding carboxylic acids is 1. The van der Waals surface area contributed by atoms with Crippen molar-refractivity contribution in [2.24, 2.45) is 22.0 Å². The largest absolute Gasteiger partial charge is 0.508 e. The minimum absolute atomic E-state index is 0.0639. The molecule has 4 atom stereocenters. The molecular weight excluding hydrogens is 632 g/mol. The molecule has 0 saturated carbocycles. The summed E-state index contributed by atoms with van der Waals surface area (Å²) in [5.41, 5.74) is 4.80. The first-order valence-corrected chi connectivity index (χ1v) is 17.0. The van der Waals surface area contributed by atoms with Crippen LogP contribution >= 0.6 is 0 Å². The highest BCUT2D eigenvalue weighted by atomic mass is 16.4. The topological polar surface area (TPSA) is 200 Å². The molecule has 1 heterocycles. The average Bonchev–Trinajstić information content (AvgIpc) is 2.94. The van der Waals surface area contributed by atoms with Gasteiger partial charge in [0, 0.05) is 39.3 Å². The molecule has 7 N–H and O–H groups in total. The molecule has 1 aromatic carbocycles. The highest BCUT2D eigenvalue weighted by molar-refractivity contribution is 5.81. The van der Waals surface area contributed by atoms with Crippen LogP contribution in [0.15, 0.2) is 24.3 Å². The fourth-order valence-corrected chi connectivity index (χ4v) is 6.68. The van der Waals surface area contributed by atoms with Gasteiger partial charge in [-0.05, 0) is 53.3 Å². The maximum absolute atomic E-state index is 13.2. The summed E-state index contributed by atoms with van der Waals surface area (Å²) in [4.78, 5) is 57.5. The number of carbonyl (C=O) groups is 4. The number of carboxylic acid groups (broad SMARTS) is 3. The zero-order chi connectivity index (χ0) is 37.5. The van der Waals surface area contributed by atoms with Crippen LogP contribution in [0, 0.1) is 16.2 Å². The molecule has 0 spiro atoms. The third kappa shape index (κ3) is 11.9. The van der Waals surface area contributed by atoms with E-state index in [0.717, 1.165) is 5.56 Å². The number of nitrogens with one attached hydrogen (secondary N) is 1. The van der Waals surface area contributed by atoms with Crippen molar-refractivity contribution < 1.29 is 39.6 Å². The van der Waals surface area contributed by atoms with E-state index in [1.807, 2.05) is 67.2 Å². The molecule has 4 amide bonds. The van der Waals surface area contributed by atoms with Crippen LogP contribution in [0.5, 0.6) is 5.75 Å². The lowest BCUT2D eigenvalue weighted by Crippen LogP contribution is -2.69. The van der Waals surface area contributed by atoms with E-state index >= 15 is 0 Å². The molecular formula is C35H60N6O8. The Labute approximate surface area is 291 Å². The molecule has 1 fully saturated rings. The zero-order valence-corrected chi connectivity index (χ0v) is 30.8. The van der Waals surface area contributed by atoms with Crippen LogP contribution < -0.4 is 11.1 Å². The molecule has 1 saturated heterocycles. The van der Waals surface area contributed by atoms with E-state index in [2.05, 4.69) is 5.32 Å². The number of nitrogens with zero attached hydrogens (tertiary/aromatic N) is 4. The van der Waals surface area contributed by atoms with Gasteiger partial charge in [-0.25, -0.2) is 14.4 Å². The first kappa shape index (κ1) is 41.4. The summed E-state index contributed by atoms with van der Waals surface area (Å²) >= 11 is 0. The molecule has 1 aromatic rings. The Morgan fingerprint density at radius 3 is 1.82 bits per heavy atom. The summed E-state index contributed by atoms with van der Waals surface area (Å²) in [5, 5.41) is 44.1. The van der Waals surface area contributed by atoms with Gasteiger partial charge in [-0.1, -0.05) is 74.4 Å². The van der Waals surface area contributed by atoms with Crippen molar-refractivity contribution in [2.45, 2.75) is 99.3 Å². The molecule has 1 aliphatic rings. The van der Waals surface area contributed by atoms with Gasteiger partial charge in [-0.2, -0.15) is 0 Å². The van der Waals surface area contributed by atoms with Gasteiger partial charge in [0.25, 0.3) is 0 Å². The Hall–Kier alpha value is -3.78. The number of nitrogens with two attached hydrogens (primary N) is 1. The van der Waals surface area contributed by atoms with Crippen LogP contribution in [-0.2, 0) is 11.2 Å². The van der Waals surface area contributed by atoms with Crippen LogP contribution in [-0.4, -0.2) is 134 Å². The average molecular weight is 693 g/mol. The Balaban J connectivity index is 2.42. The maximum atomic E-state index is 13.2. The summed E-state index contributed by atoms with van der Waals surface area (Å²) in [5.74, 6) is -0.200. The van der Waals surface area contributed by atoms with Crippen molar-refractivity contribution in [1.82, 2.24) is 24.9 Å². The standard InChI is InChI=1S/C35H60N6O8/c1-33(2,3)26-22-39(30(44)45)19-17-38(16-10-15-37-29(43)25(36)21-23-11-13-24(42)14-12-23)18-20-40(31(46)47)27(34(4,5)6)28(35(7,8)9)41(26)32(48)49/h11-14,25-28,42H,10,15-22,36H2,1-9H3,(H,37,43)(H,44,45)(H,46,47)(H,48,49). The SMILES string of the molecule is CC(C)(C)C1C(C(C)(C)C)N(C(=O)O)C(C(C)(C)C)CN(C(=O)O)CCN(CCCNC(=O)C(N)Cc2ccc(O)cc2)CCN1C(=O)O. The van der Waals surface area contributed by atoms with E-state index in [4.69, 9.17) is 5.73 Å². The van der Waals surface area contributed by atoms with Crippen LogP contribution in [0.4, 0.5) is 14.4 Å². The number of phenolic OH excluding ortho intramolecular Hbond substituents is 1. The van der Waals surface area contributed by atoms with E-state index < -0.39 is 58.7 Å². The van der Waals surface area contributed by atoms with Crippen molar-refractivity contribution in [1.29, 1.82) is 0 Å². The van der Waals surface area contributed by atoms with Gasteiger partial charge < -0.3 is 41.3 Å². The number of benzene rings is 1. The Morgan fingerprint density at radius 1 is 0.796 bits per heavy atom. The first-order valence-electron chi connectivity index (χ1n) is 17.0. The third-order valence-electron chi connectivity index (χ3n) is 9.20. The summed E-state index contributed by atoms with van der Waals surface area (Å²) in [6, 6.07) is 3.30. The van der Waals surface area contributed by atoms with E-state index in [-0.39, 0.29) is 44.4 Å². The molecule has 49 heavy (non-hydrogen) atoms. The fraction of sp³-hybridized carbons (Fsp3) is 0.714. The normalized spacial score (nSPS) is 21.3. The lowest BCUT2D eigenvalue weighted by atomic mass is 9.69. The lowest BCUT2D eigenvalue weighted by molar-refractivity contribution is -0.122. The molecule has 0 aliphatic carbocycles. The molecule has 14 heteroatoms. The van der Waals surface area contributed by atoms with Crippen molar-refractivity contribution in [2.75, 3.05) is 45.8 Å². The molecule has 2 rings (SSSR count). The van der Waals surface area contributed by atoms with Crippen LogP contribution in [0.2, 0.25) is 0 Å². The smallest absolute Gasteiger partial charge is 0.407 e. The number of amides is 4. The van der Waals surface area contributed by atoms with Crippen LogP contribution in [0.25, 0.3) is 0 Å². The van der Waals surface area contributed by atoms with Crippen LogP contribution in [0.1, 0.15) is 74.3 Å². The molecule has 278 valence electrons. The molecule has 0 radical (unpaired) electrons. The third-order valence-corrected chi connectivity index (χ3v) is 9.20. The Bertz CT molecular complexity index is 1270. The second-order valence-corrected chi connectivity index (χ2v) is 16.4. The lowest BCUT2D eigenvalue weighted by Gasteiger charge is -2.55. The highest BCUT2D eigenvalue weighted by Gasteiger charge is 2.52. The number of hydrogen-bond donors (Lipinski definition) is 6. The Kier molecular flexibility index (Phi) is 14.2. The zero-order valence-electron chi connectivity index (χ0n) is 30.8. The molecule has 14 nitrogen and oxygen atoms in total. The van der Waals surface area contributed by atoms with Crippen molar-refractivity contribution in [3.8, 4) is 5.75 Å². The minimum atomic E-state index is -1.23. The monoisotopic (exact) mass is 692 g/mol. The number of rotatable bonds is 7. The van der Waals surface area contributed by atoms with Gasteiger partial charge in [0.1, 0.15) is 5.75 Å². The predicted octanol–water partition coefficient (Wildman–Crippen LogP) is 4.27. The maximum Gasteiger partial charge on any atom is 0.407 e. The predicted molar refractivity (Wildman–Crippen MR) is 188 cm³/mol. The second kappa shape index (κ2) is 16.8. The number of phenols is 1. The minimum Gasteiger partial charge on any atom is -0.508 e. The highest BCUT2D eigenvalue weighted by Crippen LogP contribution is 2.41. The van der Waals surface area contributed by atoms with Gasteiger partial charge >= 0.3 is 18.3 Å². The van der Waals surface area contributed by atoms with Crippen LogP contribution in [0.3, 0.4) is 0 Å². The van der Waals surface area contributed by atoms with Gasteiger partial charge in [-0.3, -0.25) is 14.6 Å². The molecule has 1 aliphatic heterocycles. The molecule has 0 aromatic heterocycles. The first-order chi connectivity index (χ1) is 22.4. The summed E-state index contributed by atoms with van der Waals surface area (Å²) < 4.78 is 0. The summed E-state index contributed by atoms with van der Waals surface area (Å²) in [6.45, 7) is 18.4. The van der Waals surface area contributed by atoms with E-state index in [0.29, 0.717) is 25.9 Å². The van der Waals surface area contributed by atoms with Crippen molar-refractivity contribution >= 4 is 24.2 Å². The van der Waals surface area contributed by atoms with Gasteiger partial charge in [-0.15, -0.1) is 0 Å². The van der Waals surface area contributed by atoms with Crippen molar-refractivity contribution in [3.63, 3.8) is 0 Å². The summed E-state index contributed by atoms with van der Waals surface area (Å²) in [7, 11) is 0. The number of hydrogen-bond acceptors (Lipinski definition) is 7. The van der Waals surface area contributed by atoms with E-state index in [1.165, 1.54) is 26.8 Å². The van der Waals surface area contributed by atoms with Crippen molar-refractivity contribution in [3.05, 3.63) is 29.8 Å². The van der Waals surface area contributed by atoms with Gasteiger partial charge in [0.05, 0.1) is 24.2 Å². The van der Waals surface area contributed by atoms with Gasteiger partial charge in [0.15, 0.2) is 0 Å². The second-order valence-electron chi connectivity index (χ2n) is 16.4. The number of aromatic hydroxyl groups is 1.